The van der Waals surface area contributed by atoms with Crippen LogP contribution in [0.3, 0.4) is 0 Å². The minimum Gasteiger partial charge on any atom is -0.480 e. The molecule has 1 rings (SSSR count). The molecule has 0 aromatic heterocycles. The van der Waals surface area contributed by atoms with E-state index in [2.05, 4.69) is 5.32 Å². The zero-order valence-electron chi connectivity index (χ0n) is 25.0. The number of carbonyl (C=O) groups excluding carboxylic acids is 2. The van der Waals surface area contributed by atoms with Gasteiger partial charge in [0.05, 0.1) is 32.3 Å². The number of likely N-dealkylation sites (N-methyl/N-ethyl adjacent to an activating group) is 2. The molecule has 0 aliphatic rings. The Morgan fingerprint density at radius 1 is 0.902 bits per heavy atom. The number of ketones is 1. The van der Waals surface area contributed by atoms with Gasteiger partial charge in [0.1, 0.15) is 6.61 Å². The van der Waals surface area contributed by atoms with Crippen molar-refractivity contribution in [1.82, 2.24) is 20.0 Å². The first-order valence-electron chi connectivity index (χ1n) is 14.2. The van der Waals surface area contributed by atoms with Crippen LogP contribution in [0.1, 0.15) is 38.3 Å². The van der Waals surface area contributed by atoms with Gasteiger partial charge in [-0.2, -0.15) is 0 Å². The summed E-state index contributed by atoms with van der Waals surface area (Å²) in [7, 11) is 1.70. The highest BCUT2D eigenvalue weighted by atomic mass is 16.5. The number of hydrogen-bond acceptors (Lipinski definition) is 9. The highest BCUT2D eigenvalue weighted by Crippen LogP contribution is 2.07. The molecule has 0 fully saturated rings. The lowest BCUT2D eigenvalue weighted by Crippen LogP contribution is -2.45. The van der Waals surface area contributed by atoms with Crippen LogP contribution in [0.2, 0.25) is 0 Å². The van der Waals surface area contributed by atoms with Crippen molar-refractivity contribution in [3.05, 3.63) is 35.4 Å². The van der Waals surface area contributed by atoms with Crippen LogP contribution in [0, 0.1) is 5.92 Å². The lowest BCUT2D eigenvalue weighted by molar-refractivity contribution is -0.139. The van der Waals surface area contributed by atoms with Crippen LogP contribution in [0.25, 0.3) is 0 Å². The third-order valence-corrected chi connectivity index (χ3v) is 6.54. The minimum atomic E-state index is -0.925. The van der Waals surface area contributed by atoms with Crippen molar-refractivity contribution in [2.75, 3.05) is 72.6 Å². The van der Waals surface area contributed by atoms with E-state index in [4.69, 9.17) is 20.7 Å². The second kappa shape index (κ2) is 20.1. The van der Waals surface area contributed by atoms with Crippen molar-refractivity contribution in [3.8, 4) is 0 Å². The molecular formula is C29H49N5O7. The number of nitrogens with one attached hydrogen (secondary N) is 1. The van der Waals surface area contributed by atoms with Gasteiger partial charge in [-0.3, -0.25) is 33.9 Å². The molecule has 1 aromatic carbocycles. The molecule has 41 heavy (non-hydrogen) atoms. The summed E-state index contributed by atoms with van der Waals surface area (Å²) in [5.74, 6) is -1.74. The van der Waals surface area contributed by atoms with Crippen molar-refractivity contribution in [2.24, 2.45) is 11.7 Å². The van der Waals surface area contributed by atoms with Gasteiger partial charge in [0.25, 0.3) is 0 Å². The van der Waals surface area contributed by atoms with E-state index in [0.29, 0.717) is 64.6 Å². The maximum Gasteiger partial charge on any atom is 0.317 e. The summed E-state index contributed by atoms with van der Waals surface area (Å²) in [5, 5.41) is 21.0. The standard InChI is InChI=1S/C29H49N5O7/c1-5-33(20-29(39)40)13-14-34(12-11-32(4)19-28(37)38)18-27(36)31-17-24-8-6-23(7-9-24)10-15-41-21-26(35)25(30)16-22(2)3/h6-9,22,25H,5,10-21,30H2,1-4H3,(H,31,36)(H,37,38)(H,39,40)/t25-/m1/s1. The van der Waals surface area contributed by atoms with E-state index >= 15 is 0 Å². The van der Waals surface area contributed by atoms with E-state index in [1.807, 2.05) is 49.9 Å². The molecular weight excluding hydrogens is 530 g/mol. The summed E-state index contributed by atoms with van der Waals surface area (Å²) in [5.41, 5.74) is 7.88. The Hall–Kier alpha value is -2.90. The third-order valence-electron chi connectivity index (χ3n) is 6.54. The van der Waals surface area contributed by atoms with Crippen LogP contribution < -0.4 is 11.1 Å². The van der Waals surface area contributed by atoms with Crippen LogP contribution in [0.4, 0.5) is 0 Å². The number of amides is 1. The summed E-state index contributed by atoms with van der Waals surface area (Å²) in [6, 6.07) is 7.30. The molecule has 0 saturated heterocycles. The Morgan fingerprint density at radius 3 is 2.07 bits per heavy atom. The fourth-order valence-corrected chi connectivity index (χ4v) is 4.11. The van der Waals surface area contributed by atoms with Gasteiger partial charge in [-0.25, -0.2) is 0 Å². The molecule has 0 aliphatic heterocycles. The van der Waals surface area contributed by atoms with Gasteiger partial charge < -0.3 is 26.0 Å². The number of carboxylic acid groups (broad SMARTS) is 2. The van der Waals surface area contributed by atoms with Crippen LogP contribution in [0.5, 0.6) is 0 Å². The fourth-order valence-electron chi connectivity index (χ4n) is 4.11. The summed E-state index contributed by atoms with van der Waals surface area (Å²) >= 11 is 0. The Labute approximate surface area is 243 Å². The maximum absolute atomic E-state index is 12.7. The number of aliphatic carboxylic acids is 2. The molecule has 12 nitrogen and oxygen atoms in total. The van der Waals surface area contributed by atoms with Crippen LogP contribution in [-0.4, -0.2) is 127 Å². The molecule has 0 spiro atoms. The number of rotatable bonds is 23. The first-order valence-corrected chi connectivity index (χ1v) is 14.2. The van der Waals surface area contributed by atoms with E-state index in [0.717, 1.165) is 11.1 Å². The highest BCUT2D eigenvalue weighted by Gasteiger charge is 2.16. The van der Waals surface area contributed by atoms with Crippen molar-refractivity contribution < 1.29 is 34.1 Å². The largest absolute Gasteiger partial charge is 0.480 e. The molecule has 1 amide bonds. The van der Waals surface area contributed by atoms with E-state index in [-0.39, 0.29) is 37.9 Å². The zero-order chi connectivity index (χ0) is 30.8. The van der Waals surface area contributed by atoms with E-state index in [9.17, 15) is 19.2 Å². The summed E-state index contributed by atoms with van der Waals surface area (Å²) in [4.78, 5) is 52.1. The van der Waals surface area contributed by atoms with Gasteiger partial charge in [-0.15, -0.1) is 0 Å². The van der Waals surface area contributed by atoms with Crippen molar-refractivity contribution in [1.29, 1.82) is 0 Å². The molecule has 0 heterocycles. The number of benzene rings is 1. The normalized spacial score (nSPS) is 12.3. The Morgan fingerprint density at radius 2 is 1.49 bits per heavy atom. The van der Waals surface area contributed by atoms with Gasteiger partial charge in [0.2, 0.25) is 5.91 Å². The van der Waals surface area contributed by atoms with Crippen molar-refractivity contribution >= 4 is 23.6 Å². The molecule has 12 heteroatoms. The Kier molecular flexibility index (Phi) is 17.7. The molecule has 0 unspecified atom stereocenters. The molecule has 0 bridgehead atoms. The highest BCUT2D eigenvalue weighted by molar-refractivity contribution is 5.84. The smallest absolute Gasteiger partial charge is 0.317 e. The van der Waals surface area contributed by atoms with E-state index in [1.165, 1.54) is 0 Å². The van der Waals surface area contributed by atoms with Gasteiger partial charge in [0, 0.05) is 32.7 Å². The maximum atomic E-state index is 12.7. The first kappa shape index (κ1) is 36.1. The second-order valence-corrected chi connectivity index (χ2v) is 10.8. The van der Waals surface area contributed by atoms with Crippen LogP contribution in [-0.2, 0) is 36.9 Å². The van der Waals surface area contributed by atoms with Gasteiger partial charge in [-0.1, -0.05) is 45.0 Å². The summed E-state index contributed by atoms with van der Waals surface area (Å²) in [6.45, 7) is 9.07. The average molecular weight is 580 g/mol. The number of hydrogen-bond donors (Lipinski definition) is 4. The second-order valence-electron chi connectivity index (χ2n) is 10.8. The van der Waals surface area contributed by atoms with E-state index in [1.54, 1.807) is 16.8 Å². The zero-order valence-corrected chi connectivity index (χ0v) is 25.0. The van der Waals surface area contributed by atoms with E-state index < -0.39 is 18.0 Å². The predicted octanol–water partition coefficient (Wildman–Crippen LogP) is 0.529. The van der Waals surface area contributed by atoms with Gasteiger partial charge in [0.15, 0.2) is 5.78 Å². The van der Waals surface area contributed by atoms with Gasteiger partial charge >= 0.3 is 11.9 Å². The number of carbonyl (C=O) groups is 4. The molecule has 232 valence electrons. The van der Waals surface area contributed by atoms with Crippen LogP contribution in [0.15, 0.2) is 24.3 Å². The number of Topliss-reactive ketones (excluding diaryl/α,β-unsaturated/α-hetero) is 1. The SMILES string of the molecule is CCN(CCN(CCN(C)CC(=O)O)CC(=O)NCc1ccc(CCOCC(=O)[C@H](N)CC(C)C)cc1)CC(=O)O. The van der Waals surface area contributed by atoms with Crippen molar-refractivity contribution in [2.45, 2.75) is 46.2 Å². The molecule has 0 saturated carbocycles. The Balaban J connectivity index is 2.53. The number of nitrogens with two attached hydrogens (primary N) is 1. The molecule has 1 atom stereocenters. The predicted molar refractivity (Wildman–Crippen MR) is 157 cm³/mol. The quantitative estimate of drug-likeness (QED) is 0.134. The van der Waals surface area contributed by atoms with Crippen LogP contribution >= 0.6 is 0 Å². The number of nitrogens with zero attached hydrogens (tertiary/aromatic N) is 3. The molecule has 1 aromatic rings. The molecule has 0 aliphatic carbocycles. The number of ether oxygens (including phenoxy) is 1. The third kappa shape index (κ3) is 17.5. The average Bonchev–Trinajstić information content (AvgIpc) is 2.90. The number of carboxylic acids is 2. The van der Waals surface area contributed by atoms with Crippen molar-refractivity contribution in [3.63, 3.8) is 0 Å². The summed E-state index contributed by atoms with van der Waals surface area (Å²) < 4.78 is 5.51. The first-order chi connectivity index (χ1) is 19.4. The Bertz CT molecular complexity index is 942. The summed E-state index contributed by atoms with van der Waals surface area (Å²) in [6.07, 6.45) is 1.30. The molecule has 5 N–H and O–H groups in total. The lowest BCUT2D eigenvalue weighted by atomic mass is 10.0. The topological polar surface area (TPSA) is 166 Å². The monoisotopic (exact) mass is 579 g/mol. The minimum absolute atomic E-state index is 0.0148. The lowest BCUT2D eigenvalue weighted by Gasteiger charge is -2.27. The fraction of sp³-hybridized carbons (Fsp3) is 0.655. The van der Waals surface area contributed by atoms with Gasteiger partial charge in [-0.05, 0) is 43.5 Å². The molecule has 0 radical (unpaired) electrons.